The number of nitrogens with one attached hydrogen (secondary N) is 2. The Bertz CT molecular complexity index is 751. The molecule has 0 unspecified atom stereocenters. The lowest BCUT2D eigenvalue weighted by Crippen LogP contribution is -2.27. The van der Waals surface area contributed by atoms with E-state index in [0.29, 0.717) is 24.3 Å². The van der Waals surface area contributed by atoms with Crippen molar-refractivity contribution in [2.45, 2.75) is 0 Å². The topological polar surface area (TPSA) is 97.2 Å². The number of rotatable bonds is 5. The van der Waals surface area contributed by atoms with Gasteiger partial charge in [-0.3, -0.25) is 19.9 Å². The summed E-state index contributed by atoms with van der Waals surface area (Å²) in [5.41, 5.74) is 1.06. The third-order valence-corrected chi connectivity index (χ3v) is 2.81. The molecule has 0 spiro atoms. The van der Waals surface area contributed by atoms with E-state index in [1.807, 2.05) is 0 Å². The van der Waals surface area contributed by atoms with Gasteiger partial charge in [0.25, 0.3) is 11.6 Å². The molecule has 0 aliphatic heterocycles. The molecule has 0 aliphatic rings. The van der Waals surface area contributed by atoms with Crippen molar-refractivity contribution in [1.82, 2.24) is 10.3 Å². The molecule has 2 aromatic rings. The number of hydrogen-bond donors (Lipinski definition) is 2. The van der Waals surface area contributed by atoms with Crippen LogP contribution in [0.25, 0.3) is 0 Å². The van der Waals surface area contributed by atoms with Crippen molar-refractivity contribution >= 4 is 17.3 Å². The lowest BCUT2D eigenvalue weighted by Gasteiger charge is -2.06. The molecule has 0 bridgehead atoms. The Labute approximate surface area is 132 Å². The zero-order chi connectivity index (χ0) is 16.5. The van der Waals surface area contributed by atoms with Gasteiger partial charge in [-0.1, -0.05) is 18.1 Å². The van der Waals surface area contributed by atoms with Crippen LogP contribution in [0.4, 0.5) is 11.4 Å². The number of nitro groups is 1. The van der Waals surface area contributed by atoms with E-state index in [-0.39, 0.29) is 5.69 Å². The number of pyridine rings is 1. The average Bonchev–Trinajstić information content (AvgIpc) is 2.58. The second-order valence-corrected chi connectivity index (χ2v) is 4.45. The normalized spacial score (nSPS) is 9.39. The number of aromatic nitrogens is 1. The molecule has 23 heavy (non-hydrogen) atoms. The highest BCUT2D eigenvalue weighted by Gasteiger charge is 2.11. The number of nitro benzene ring substituents is 1. The van der Waals surface area contributed by atoms with Gasteiger partial charge >= 0.3 is 0 Å². The predicted octanol–water partition coefficient (Wildman–Crippen LogP) is 1.57. The van der Waals surface area contributed by atoms with Gasteiger partial charge in [0.05, 0.1) is 4.92 Å². The lowest BCUT2D eigenvalue weighted by atomic mass is 10.2. The van der Waals surface area contributed by atoms with Crippen molar-refractivity contribution in [1.29, 1.82) is 0 Å². The van der Waals surface area contributed by atoms with Crippen molar-refractivity contribution in [3.63, 3.8) is 0 Å². The Morgan fingerprint density at radius 1 is 1.22 bits per heavy atom. The van der Waals surface area contributed by atoms with Crippen molar-refractivity contribution in [2.24, 2.45) is 0 Å². The van der Waals surface area contributed by atoms with E-state index in [1.165, 1.54) is 6.07 Å². The van der Waals surface area contributed by atoms with Crippen molar-refractivity contribution in [2.75, 3.05) is 18.4 Å². The van der Waals surface area contributed by atoms with E-state index in [4.69, 9.17) is 0 Å². The van der Waals surface area contributed by atoms with Gasteiger partial charge in [0.15, 0.2) is 0 Å². The van der Waals surface area contributed by atoms with E-state index < -0.39 is 10.8 Å². The maximum atomic E-state index is 11.6. The molecule has 2 rings (SSSR count). The molecule has 7 heteroatoms. The van der Waals surface area contributed by atoms with Crippen LogP contribution in [-0.4, -0.2) is 28.9 Å². The summed E-state index contributed by atoms with van der Waals surface area (Å²) in [4.78, 5) is 25.9. The summed E-state index contributed by atoms with van der Waals surface area (Å²) in [6.45, 7) is 0.651. The van der Waals surface area contributed by atoms with Gasteiger partial charge in [-0.05, 0) is 18.2 Å². The second kappa shape index (κ2) is 8.14. The number of amides is 1. The van der Waals surface area contributed by atoms with Gasteiger partial charge in [-0.2, -0.15) is 0 Å². The Morgan fingerprint density at radius 2 is 2.04 bits per heavy atom. The van der Waals surface area contributed by atoms with Crippen LogP contribution in [0.5, 0.6) is 0 Å². The van der Waals surface area contributed by atoms with Crippen LogP contribution in [-0.2, 0) is 4.79 Å². The van der Waals surface area contributed by atoms with Crippen LogP contribution < -0.4 is 10.6 Å². The predicted molar refractivity (Wildman–Crippen MR) is 85.7 cm³/mol. The molecule has 1 aromatic carbocycles. The van der Waals surface area contributed by atoms with Crippen LogP contribution in [0.2, 0.25) is 0 Å². The molecule has 0 fully saturated rings. The van der Waals surface area contributed by atoms with Crippen LogP contribution in [0.15, 0.2) is 48.8 Å². The van der Waals surface area contributed by atoms with Gasteiger partial charge in [-0.25, -0.2) is 0 Å². The fourth-order valence-electron chi connectivity index (χ4n) is 1.77. The van der Waals surface area contributed by atoms with E-state index in [9.17, 15) is 14.9 Å². The number of benzene rings is 1. The fraction of sp³-hybridized carbons (Fsp3) is 0.125. The molecule has 1 heterocycles. The zero-order valence-corrected chi connectivity index (χ0v) is 12.2. The molecule has 1 amide bonds. The molecule has 2 N–H and O–H groups in total. The number of hydrogen-bond acceptors (Lipinski definition) is 5. The number of carbonyl (C=O) groups excluding carboxylic acids is 1. The number of para-hydroxylation sites is 2. The van der Waals surface area contributed by atoms with Gasteiger partial charge in [0.2, 0.25) is 0 Å². The molecule has 116 valence electrons. The maximum Gasteiger partial charge on any atom is 0.296 e. The molecular formula is C16H14N4O3. The van der Waals surface area contributed by atoms with Crippen LogP contribution in [0, 0.1) is 22.0 Å². The highest BCUT2D eigenvalue weighted by atomic mass is 16.6. The van der Waals surface area contributed by atoms with E-state index >= 15 is 0 Å². The van der Waals surface area contributed by atoms with Crippen LogP contribution in [0.3, 0.4) is 0 Å². The zero-order valence-electron chi connectivity index (χ0n) is 12.2. The lowest BCUT2D eigenvalue weighted by molar-refractivity contribution is -0.384. The van der Waals surface area contributed by atoms with Crippen molar-refractivity contribution < 1.29 is 9.72 Å². The molecule has 0 radical (unpaired) electrons. The minimum absolute atomic E-state index is 0.00445. The summed E-state index contributed by atoms with van der Waals surface area (Å²) in [6.07, 6.45) is 3.19. The summed E-state index contributed by atoms with van der Waals surface area (Å²) < 4.78 is 0. The third kappa shape index (κ3) is 5.13. The summed E-state index contributed by atoms with van der Waals surface area (Å²) >= 11 is 0. The van der Waals surface area contributed by atoms with Crippen LogP contribution in [0.1, 0.15) is 5.56 Å². The molecule has 0 aliphatic carbocycles. The minimum atomic E-state index is -0.458. The van der Waals surface area contributed by atoms with E-state index in [1.54, 1.807) is 42.7 Å². The fourth-order valence-corrected chi connectivity index (χ4v) is 1.77. The Balaban J connectivity index is 1.79. The molecule has 0 saturated heterocycles. The Morgan fingerprint density at radius 3 is 2.78 bits per heavy atom. The smallest absolute Gasteiger partial charge is 0.296 e. The van der Waals surface area contributed by atoms with Gasteiger partial charge in [-0.15, -0.1) is 0 Å². The first kappa shape index (κ1) is 16.0. The van der Waals surface area contributed by atoms with E-state index in [0.717, 1.165) is 0 Å². The SMILES string of the molecule is O=C(C#Cc1cccnc1)NCCNc1ccccc1[N+](=O)[O-]. The standard InChI is InChI=1S/C16H14N4O3/c21-16(8-7-13-4-3-9-17-12-13)19-11-10-18-14-5-1-2-6-15(14)20(22)23/h1-6,9,12,18H,10-11H2,(H,19,21). The second-order valence-electron chi connectivity index (χ2n) is 4.45. The van der Waals surface area contributed by atoms with Gasteiger partial charge < -0.3 is 10.6 Å². The summed E-state index contributed by atoms with van der Waals surface area (Å²) in [5.74, 6) is 4.73. The van der Waals surface area contributed by atoms with Crippen molar-refractivity contribution in [3.05, 3.63) is 64.5 Å². The number of nitrogens with zero attached hydrogens (tertiary/aromatic N) is 2. The third-order valence-electron chi connectivity index (χ3n) is 2.81. The van der Waals surface area contributed by atoms with Gasteiger partial charge in [0, 0.05) is 43.0 Å². The maximum absolute atomic E-state index is 11.6. The molecule has 7 nitrogen and oxygen atoms in total. The summed E-state index contributed by atoms with van der Waals surface area (Å²) in [6, 6.07) is 9.82. The molecule has 1 aromatic heterocycles. The first-order valence-electron chi connectivity index (χ1n) is 6.84. The van der Waals surface area contributed by atoms with Crippen molar-refractivity contribution in [3.8, 4) is 11.8 Å². The van der Waals surface area contributed by atoms with Gasteiger partial charge in [0.1, 0.15) is 5.69 Å². The first-order chi connectivity index (χ1) is 11.2. The number of anilines is 1. The highest BCUT2D eigenvalue weighted by Crippen LogP contribution is 2.22. The first-order valence-corrected chi connectivity index (χ1v) is 6.84. The summed E-state index contributed by atoms with van der Waals surface area (Å²) in [5, 5.41) is 16.4. The molecule has 0 saturated carbocycles. The average molecular weight is 310 g/mol. The molecule has 0 atom stereocenters. The molecular weight excluding hydrogens is 296 g/mol. The quantitative estimate of drug-likeness (QED) is 0.378. The Hall–Kier alpha value is -3.40. The monoisotopic (exact) mass is 310 g/mol. The largest absolute Gasteiger partial charge is 0.378 e. The Kier molecular flexibility index (Phi) is 5.66. The van der Waals surface area contributed by atoms with E-state index in [2.05, 4.69) is 27.5 Å². The minimum Gasteiger partial charge on any atom is -0.378 e. The summed E-state index contributed by atoms with van der Waals surface area (Å²) in [7, 11) is 0. The number of carbonyl (C=O) groups is 1. The highest BCUT2D eigenvalue weighted by molar-refractivity contribution is 5.94. The van der Waals surface area contributed by atoms with Crippen LogP contribution >= 0.6 is 0 Å².